The maximum absolute atomic E-state index is 6.13. The Bertz CT molecular complexity index is 529. The van der Waals surface area contributed by atoms with Gasteiger partial charge in [0.15, 0.2) is 0 Å². The Morgan fingerprint density at radius 3 is 2.50 bits per heavy atom. The summed E-state index contributed by atoms with van der Waals surface area (Å²) in [6.07, 6.45) is 3.51. The summed E-state index contributed by atoms with van der Waals surface area (Å²) in [7, 11) is 0. The minimum absolute atomic E-state index is 0.909. The van der Waals surface area contributed by atoms with Crippen LogP contribution in [0.15, 0.2) is 42.5 Å². The Kier molecular flexibility index (Phi) is 2.17. The molecule has 1 aliphatic carbocycles. The maximum atomic E-state index is 6.13. The first-order chi connectivity index (χ1) is 7.86. The van der Waals surface area contributed by atoms with E-state index in [0.717, 1.165) is 18.5 Å². The molecule has 0 aromatic heterocycles. The van der Waals surface area contributed by atoms with Gasteiger partial charge in [-0.1, -0.05) is 36.4 Å². The molecule has 2 N–H and O–H groups in total. The molecule has 0 saturated heterocycles. The Morgan fingerprint density at radius 1 is 0.812 bits per heavy atom. The molecule has 0 radical (unpaired) electrons. The molecule has 1 aliphatic rings. The molecular weight excluding hydrogens is 194 g/mol. The van der Waals surface area contributed by atoms with Gasteiger partial charge in [-0.2, -0.15) is 0 Å². The number of anilines is 1. The second-order valence-corrected chi connectivity index (χ2v) is 4.39. The smallest absolute Gasteiger partial charge is 0.0396 e. The highest BCUT2D eigenvalue weighted by Crippen LogP contribution is 2.36. The van der Waals surface area contributed by atoms with Crippen molar-refractivity contribution in [3.63, 3.8) is 0 Å². The number of rotatable bonds is 0. The molecule has 2 aromatic rings. The van der Waals surface area contributed by atoms with E-state index >= 15 is 0 Å². The van der Waals surface area contributed by atoms with Gasteiger partial charge in [0.25, 0.3) is 0 Å². The highest BCUT2D eigenvalue weighted by atomic mass is 14.6. The van der Waals surface area contributed by atoms with E-state index in [1.807, 2.05) is 6.07 Å². The summed E-state index contributed by atoms with van der Waals surface area (Å²) in [6.45, 7) is 0. The first kappa shape index (κ1) is 9.46. The lowest BCUT2D eigenvalue weighted by Gasteiger charge is -2.11. The first-order valence-corrected chi connectivity index (χ1v) is 5.82. The molecule has 1 heteroatoms. The molecule has 80 valence electrons. The van der Waals surface area contributed by atoms with E-state index in [4.69, 9.17) is 5.73 Å². The van der Waals surface area contributed by atoms with Crippen LogP contribution in [0.5, 0.6) is 0 Å². The molecule has 0 unspecified atom stereocenters. The summed E-state index contributed by atoms with van der Waals surface area (Å²) >= 11 is 0. The Labute approximate surface area is 95.9 Å². The predicted molar refractivity (Wildman–Crippen MR) is 68.3 cm³/mol. The van der Waals surface area contributed by atoms with Crippen molar-refractivity contribution in [3.05, 3.63) is 53.6 Å². The largest absolute Gasteiger partial charge is 0.398 e. The molecule has 16 heavy (non-hydrogen) atoms. The van der Waals surface area contributed by atoms with E-state index in [-0.39, 0.29) is 0 Å². The van der Waals surface area contributed by atoms with Crippen molar-refractivity contribution in [1.29, 1.82) is 0 Å². The van der Waals surface area contributed by atoms with Crippen molar-refractivity contribution >= 4 is 5.69 Å². The zero-order valence-corrected chi connectivity index (χ0v) is 9.24. The van der Waals surface area contributed by atoms with E-state index in [1.54, 1.807) is 0 Å². The molecule has 0 amide bonds. The fourth-order valence-corrected chi connectivity index (χ4v) is 2.61. The molecule has 1 nitrogen and oxygen atoms in total. The van der Waals surface area contributed by atoms with Crippen LogP contribution in [0.1, 0.15) is 17.5 Å². The average molecular weight is 209 g/mol. The SMILES string of the molecule is Nc1cccc2c1-c1ccccc1CCC2. The number of hydrogen-bond donors (Lipinski definition) is 1. The Hall–Kier alpha value is -1.76. The van der Waals surface area contributed by atoms with Crippen molar-refractivity contribution in [2.24, 2.45) is 0 Å². The lowest BCUT2D eigenvalue weighted by molar-refractivity contribution is 0.835. The number of hydrogen-bond acceptors (Lipinski definition) is 1. The van der Waals surface area contributed by atoms with Crippen LogP contribution in [-0.4, -0.2) is 0 Å². The van der Waals surface area contributed by atoms with Gasteiger partial charge in [0.2, 0.25) is 0 Å². The normalized spacial score (nSPS) is 13.8. The predicted octanol–water partition coefficient (Wildman–Crippen LogP) is 3.42. The number of aryl methyl sites for hydroxylation is 2. The highest BCUT2D eigenvalue weighted by Gasteiger charge is 2.15. The first-order valence-electron chi connectivity index (χ1n) is 5.82. The quantitative estimate of drug-likeness (QED) is 0.661. The van der Waals surface area contributed by atoms with E-state index in [9.17, 15) is 0 Å². The third-order valence-electron chi connectivity index (χ3n) is 3.36. The van der Waals surface area contributed by atoms with Gasteiger partial charge in [-0.05, 0) is 42.0 Å². The lowest BCUT2D eigenvalue weighted by Crippen LogP contribution is -1.94. The van der Waals surface area contributed by atoms with Crippen molar-refractivity contribution in [2.75, 3.05) is 5.73 Å². The minimum atomic E-state index is 0.909. The average Bonchev–Trinajstić information content (AvgIpc) is 2.49. The van der Waals surface area contributed by atoms with Crippen LogP contribution in [0.4, 0.5) is 5.69 Å². The van der Waals surface area contributed by atoms with Crippen molar-refractivity contribution in [3.8, 4) is 11.1 Å². The van der Waals surface area contributed by atoms with Crippen molar-refractivity contribution < 1.29 is 0 Å². The summed E-state index contributed by atoms with van der Waals surface area (Å²) in [4.78, 5) is 0. The van der Waals surface area contributed by atoms with E-state index in [1.165, 1.54) is 28.7 Å². The summed E-state index contributed by atoms with van der Waals surface area (Å²) in [5, 5.41) is 0. The monoisotopic (exact) mass is 209 g/mol. The van der Waals surface area contributed by atoms with Crippen LogP contribution >= 0.6 is 0 Å². The third kappa shape index (κ3) is 1.40. The minimum Gasteiger partial charge on any atom is -0.398 e. The molecular formula is C15H15N. The van der Waals surface area contributed by atoms with E-state index in [2.05, 4.69) is 36.4 Å². The van der Waals surface area contributed by atoms with Crippen LogP contribution < -0.4 is 5.73 Å². The second-order valence-electron chi connectivity index (χ2n) is 4.39. The van der Waals surface area contributed by atoms with Crippen LogP contribution in [0.2, 0.25) is 0 Å². The molecule has 0 fully saturated rings. The fourth-order valence-electron chi connectivity index (χ4n) is 2.61. The fraction of sp³-hybridized carbons (Fsp3) is 0.200. The Balaban J connectivity index is 2.32. The van der Waals surface area contributed by atoms with Gasteiger partial charge in [0, 0.05) is 11.3 Å². The molecule has 3 rings (SSSR count). The number of nitrogen functional groups attached to an aromatic ring is 1. The van der Waals surface area contributed by atoms with E-state index < -0.39 is 0 Å². The zero-order valence-electron chi connectivity index (χ0n) is 9.24. The van der Waals surface area contributed by atoms with Crippen LogP contribution in [0.25, 0.3) is 11.1 Å². The van der Waals surface area contributed by atoms with Gasteiger partial charge in [0.05, 0.1) is 0 Å². The summed E-state index contributed by atoms with van der Waals surface area (Å²) in [5.74, 6) is 0. The van der Waals surface area contributed by atoms with Crippen LogP contribution in [-0.2, 0) is 12.8 Å². The number of benzene rings is 2. The lowest BCUT2D eigenvalue weighted by atomic mass is 9.95. The van der Waals surface area contributed by atoms with Gasteiger partial charge in [0.1, 0.15) is 0 Å². The summed E-state index contributed by atoms with van der Waals surface area (Å²) < 4.78 is 0. The molecule has 0 aliphatic heterocycles. The van der Waals surface area contributed by atoms with Crippen LogP contribution in [0.3, 0.4) is 0 Å². The van der Waals surface area contributed by atoms with Crippen molar-refractivity contribution in [1.82, 2.24) is 0 Å². The van der Waals surface area contributed by atoms with Gasteiger partial charge in [-0.25, -0.2) is 0 Å². The second kappa shape index (κ2) is 3.67. The van der Waals surface area contributed by atoms with Gasteiger partial charge >= 0.3 is 0 Å². The van der Waals surface area contributed by atoms with Crippen molar-refractivity contribution in [2.45, 2.75) is 19.3 Å². The topological polar surface area (TPSA) is 26.0 Å². The van der Waals surface area contributed by atoms with Gasteiger partial charge in [-0.3, -0.25) is 0 Å². The molecule has 0 saturated carbocycles. The van der Waals surface area contributed by atoms with E-state index in [0.29, 0.717) is 0 Å². The maximum Gasteiger partial charge on any atom is 0.0396 e. The molecule has 0 bridgehead atoms. The third-order valence-corrected chi connectivity index (χ3v) is 3.36. The number of fused-ring (bicyclic) bond motifs is 3. The summed E-state index contributed by atoms with van der Waals surface area (Å²) in [5.41, 5.74) is 12.4. The van der Waals surface area contributed by atoms with Gasteiger partial charge < -0.3 is 5.73 Å². The Morgan fingerprint density at radius 2 is 1.56 bits per heavy atom. The molecule has 2 aromatic carbocycles. The standard InChI is InChI=1S/C15H15N/c16-14-10-4-8-12-7-3-6-11-5-1-2-9-13(11)15(12)14/h1-2,4-5,8-10H,3,6-7,16H2. The molecule has 0 heterocycles. The molecule has 0 atom stereocenters. The number of nitrogens with two attached hydrogens (primary N) is 1. The highest BCUT2D eigenvalue weighted by molar-refractivity contribution is 5.82. The zero-order chi connectivity index (χ0) is 11.0. The molecule has 0 spiro atoms. The summed E-state index contributed by atoms with van der Waals surface area (Å²) in [6, 6.07) is 14.9. The van der Waals surface area contributed by atoms with Gasteiger partial charge in [-0.15, -0.1) is 0 Å². The van der Waals surface area contributed by atoms with Crippen LogP contribution in [0, 0.1) is 0 Å².